The number of hydrogen-bond donors (Lipinski definition) is 1. The van der Waals surface area contributed by atoms with Gasteiger partial charge in [-0.3, -0.25) is 4.99 Å². The lowest BCUT2D eigenvalue weighted by atomic mass is 10.2. The minimum atomic E-state index is -0.562. The molecule has 0 spiro atoms. The third-order valence-electron chi connectivity index (χ3n) is 1.97. The summed E-state index contributed by atoms with van der Waals surface area (Å²) in [6.45, 7) is 5.56. The van der Waals surface area contributed by atoms with Gasteiger partial charge in [-0.2, -0.15) is 5.26 Å². The molecular formula is C12H19BrN4O2. The van der Waals surface area contributed by atoms with Crippen LogP contribution in [0.1, 0.15) is 20.8 Å². The van der Waals surface area contributed by atoms with Crippen LogP contribution in [0.25, 0.3) is 0 Å². The first-order chi connectivity index (χ1) is 8.62. The maximum absolute atomic E-state index is 11.8. The number of nitrogens with zero attached hydrogens (tertiary/aromatic N) is 3. The zero-order chi connectivity index (χ0) is 15.2. The van der Waals surface area contributed by atoms with Gasteiger partial charge in [0.2, 0.25) is 0 Å². The highest BCUT2D eigenvalue weighted by Crippen LogP contribution is 2.13. The molecule has 0 aliphatic heterocycles. The topological polar surface area (TPSA) is 91.7 Å². The molecule has 0 aliphatic rings. The fourth-order valence-corrected chi connectivity index (χ4v) is 1.46. The van der Waals surface area contributed by atoms with Gasteiger partial charge in [-0.15, -0.1) is 0 Å². The van der Waals surface area contributed by atoms with E-state index in [2.05, 4.69) is 20.9 Å². The number of halogens is 1. The first-order valence-corrected chi connectivity index (χ1v) is 6.37. The predicted octanol–water partition coefficient (Wildman–Crippen LogP) is 2.01. The Labute approximate surface area is 122 Å². The molecular weight excluding hydrogens is 312 g/mol. The highest BCUT2D eigenvalue weighted by Gasteiger charge is 2.21. The number of carbonyl (C=O) groups is 1. The smallest absolute Gasteiger partial charge is 0.410 e. The maximum atomic E-state index is 11.8. The number of ether oxygens (including phenoxy) is 1. The Kier molecular flexibility index (Phi) is 6.56. The molecule has 2 N–H and O–H groups in total. The summed E-state index contributed by atoms with van der Waals surface area (Å²) in [5, 5.41) is 8.72. The standard InChI is InChI=1S/C12H19BrN4O2/c1-12(2,3)19-11(18)17(5)7-9(16-4)10(13)8(15)6-14/h7,15H2,1-5H3. The summed E-state index contributed by atoms with van der Waals surface area (Å²) in [5.74, 6) is 0. The molecule has 0 unspecified atom stereocenters. The second-order valence-electron chi connectivity index (χ2n) is 4.85. The monoisotopic (exact) mass is 330 g/mol. The van der Waals surface area contributed by atoms with Crippen molar-refractivity contribution >= 4 is 27.7 Å². The lowest BCUT2D eigenvalue weighted by Gasteiger charge is -2.25. The third kappa shape index (κ3) is 6.25. The van der Waals surface area contributed by atoms with E-state index in [1.165, 1.54) is 4.90 Å². The fraction of sp³-hybridized carbons (Fsp3) is 0.583. The van der Waals surface area contributed by atoms with E-state index in [1.54, 1.807) is 34.9 Å². The number of carbonyl (C=O) groups excluding carboxylic acids is 1. The molecule has 0 radical (unpaired) electrons. The van der Waals surface area contributed by atoms with Gasteiger partial charge in [0.25, 0.3) is 0 Å². The molecule has 7 heteroatoms. The van der Waals surface area contributed by atoms with Crippen molar-refractivity contribution in [2.75, 3.05) is 20.6 Å². The summed E-state index contributed by atoms with van der Waals surface area (Å²) >= 11 is 3.19. The van der Waals surface area contributed by atoms with Crippen LogP contribution in [0.2, 0.25) is 0 Å². The lowest BCUT2D eigenvalue weighted by molar-refractivity contribution is 0.0324. The Bertz CT molecular complexity index is 444. The molecule has 0 aromatic heterocycles. The Hall–Kier alpha value is -1.55. The molecule has 0 aliphatic carbocycles. The van der Waals surface area contributed by atoms with Crippen LogP contribution in [0.15, 0.2) is 15.2 Å². The van der Waals surface area contributed by atoms with E-state index in [1.807, 2.05) is 6.07 Å². The van der Waals surface area contributed by atoms with Crippen LogP contribution in [-0.4, -0.2) is 42.9 Å². The summed E-state index contributed by atoms with van der Waals surface area (Å²) in [7, 11) is 3.15. The van der Waals surface area contributed by atoms with Crippen molar-refractivity contribution in [3.8, 4) is 6.07 Å². The fourth-order valence-electron chi connectivity index (χ4n) is 1.07. The summed E-state index contributed by atoms with van der Waals surface area (Å²) in [4.78, 5) is 17.2. The SMILES string of the molecule is CN=C(CN(C)C(=O)OC(C)(C)C)C(Br)=C(N)C#N. The number of nitrogens with two attached hydrogens (primary N) is 1. The highest BCUT2D eigenvalue weighted by atomic mass is 79.9. The molecule has 0 rings (SSSR count). The quantitative estimate of drug-likeness (QED) is 0.632. The number of nitriles is 1. The average molecular weight is 331 g/mol. The zero-order valence-corrected chi connectivity index (χ0v) is 13.4. The Morgan fingerprint density at radius 1 is 1.53 bits per heavy atom. The Morgan fingerprint density at radius 2 is 2.05 bits per heavy atom. The van der Waals surface area contributed by atoms with Gasteiger partial charge in [-0.25, -0.2) is 4.79 Å². The molecule has 106 valence electrons. The third-order valence-corrected chi connectivity index (χ3v) is 2.86. The second-order valence-corrected chi connectivity index (χ2v) is 5.64. The van der Waals surface area contributed by atoms with Crippen LogP contribution in [0, 0.1) is 11.3 Å². The van der Waals surface area contributed by atoms with Gasteiger partial charge in [0.1, 0.15) is 17.4 Å². The van der Waals surface area contributed by atoms with Crippen molar-refractivity contribution in [2.45, 2.75) is 26.4 Å². The van der Waals surface area contributed by atoms with E-state index in [-0.39, 0.29) is 12.2 Å². The molecule has 0 atom stereocenters. The summed E-state index contributed by atoms with van der Waals surface area (Å²) < 4.78 is 5.60. The van der Waals surface area contributed by atoms with E-state index in [0.29, 0.717) is 10.2 Å². The first kappa shape index (κ1) is 17.4. The Morgan fingerprint density at radius 3 is 2.42 bits per heavy atom. The molecule has 0 bridgehead atoms. The van der Waals surface area contributed by atoms with Crippen molar-refractivity contribution in [3.63, 3.8) is 0 Å². The molecule has 0 aromatic carbocycles. The zero-order valence-electron chi connectivity index (χ0n) is 11.8. The number of rotatable bonds is 3. The summed E-state index contributed by atoms with van der Waals surface area (Å²) in [6, 6.07) is 1.82. The van der Waals surface area contributed by atoms with Crippen molar-refractivity contribution in [3.05, 3.63) is 10.2 Å². The van der Waals surface area contributed by atoms with Gasteiger partial charge in [0.15, 0.2) is 0 Å². The van der Waals surface area contributed by atoms with Crippen LogP contribution in [0.4, 0.5) is 4.79 Å². The van der Waals surface area contributed by atoms with Crippen LogP contribution in [0.5, 0.6) is 0 Å². The first-order valence-electron chi connectivity index (χ1n) is 5.58. The number of allylic oxidation sites excluding steroid dienone is 1. The molecule has 0 heterocycles. The van der Waals surface area contributed by atoms with Gasteiger partial charge >= 0.3 is 6.09 Å². The number of hydrogen-bond acceptors (Lipinski definition) is 5. The Balaban J connectivity index is 4.86. The maximum Gasteiger partial charge on any atom is 0.410 e. The van der Waals surface area contributed by atoms with Crippen LogP contribution in [0.3, 0.4) is 0 Å². The normalized spacial score (nSPS) is 13.4. The minimum Gasteiger partial charge on any atom is -0.444 e. The van der Waals surface area contributed by atoms with Gasteiger partial charge in [0.05, 0.1) is 16.7 Å². The van der Waals surface area contributed by atoms with E-state index >= 15 is 0 Å². The molecule has 0 fully saturated rings. The molecule has 0 saturated heterocycles. The predicted molar refractivity (Wildman–Crippen MR) is 78.0 cm³/mol. The van der Waals surface area contributed by atoms with Gasteiger partial charge < -0.3 is 15.4 Å². The van der Waals surface area contributed by atoms with E-state index in [4.69, 9.17) is 15.7 Å². The molecule has 19 heavy (non-hydrogen) atoms. The van der Waals surface area contributed by atoms with Crippen molar-refractivity contribution < 1.29 is 9.53 Å². The number of amides is 1. The molecule has 6 nitrogen and oxygen atoms in total. The van der Waals surface area contributed by atoms with E-state index in [0.717, 1.165) is 0 Å². The van der Waals surface area contributed by atoms with Gasteiger partial charge in [-0.1, -0.05) is 0 Å². The lowest BCUT2D eigenvalue weighted by Crippen LogP contribution is -2.37. The molecule has 0 aromatic rings. The molecule has 0 saturated carbocycles. The highest BCUT2D eigenvalue weighted by molar-refractivity contribution is 9.12. The van der Waals surface area contributed by atoms with Gasteiger partial charge in [0, 0.05) is 14.1 Å². The summed E-state index contributed by atoms with van der Waals surface area (Å²) in [6.07, 6.45) is -0.468. The number of aliphatic imine (C=N–C) groups is 1. The minimum absolute atomic E-state index is 0.0122. The van der Waals surface area contributed by atoms with Crippen LogP contribution >= 0.6 is 15.9 Å². The van der Waals surface area contributed by atoms with Crippen molar-refractivity contribution in [1.29, 1.82) is 5.26 Å². The average Bonchev–Trinajstić information content (AvgIpc) is 2.31. The van der Waals surface area contributed by atoms with E-state index in [9.17, 15) is 4.79 Å². The largest absolute Gasteiger partial charge is 0.444 e. The van der Waals surface area contributed by atoms with Crippen molar-refractivity contribution in [2.24, 2.45) is 10.7 Å². The van der Waals surface area contributed by atoms with Crippen molar-refractivity contribution in [1.82, 2.24) is 4.90 Å². The van der Waals surface area contributed by atoms with E-state index < -0.39 is 11.7 Å². The summed E-state index contributed by atoms with van der Waals surface area (Å²) in [5.41, 5.74) is 5.45. The second kappa shape index (κ2) is 7.14. The van der Waals surface area contributed by atoms with Gasteiger partial charge in [-0.05, 0) is 36.7 Å². The van der Waals surface area contributed by atoms with Crippen LogP contribution in [-0.2, 0) is 4.74 Å². The van der Waals surface area contributed by atoms with Crippen LogP contribution < -0.4 is 5.73 Å². The molecule has 1 amide bonds.